The zero-order valence-electron chi connectivity index (χ0n) is 31.7. The van der Waals surface area contributed by atoms with Gasteiger partial charge in [-0.2, -0.15) is 0 Å². The number of rotatable bonds is 9. The maximum absolute atomic E-state index is 12.4. The van der Waals surface area contributed by atoms with Gasteiger partial charge in [-0.15, -0.1) is 0 Å². The molecule has 4 aromatic carbocycles. The van der Waals surface area contributed by atoms with Crippen molar-refractivity contribution in [3.63, 3.8) is 0 Å². The van der Waals surface area contributed by atoms with Crippen molar-refractivity contribution in [1.82, 2.24) is 4.98 Å². The summed E-state index contributed by atoms with van der Waals surface area (Å²) in [7, 11) is 1.59. The van der Waals surface area contributed by atoms with Crippen LogP contribution in [0.4, 0.5) is 0 Å². The van der Waals surface area contributed by atoms with E-state index < -0.39 is 73.5 Å². The molecule has 308 valence electrons. The summed E-state index contributed by atoms with van der Waals surface area (Å²) in [4.78, 5) is 26.9. The first kappa shape index (κ1) is 38.6. The SMILES string of the molecule is COc1c2ccc3c1OC1c4c(cc(OC5OC(C(OC(=O)CC(=O)O)C(N)N)C(O)C(O)C5O)cc4-c4c[nH]c5ccccc45)OC(Cc4ccc(cc4)CCO2)C31. The molecule has 1 fully saturated rings. The summed E-state index contributed by atoms with van der Waals surface area (Å²) >= 11 is 0. The van der Waals surface area contributed by atoms with Gasteiger partial charge in [0.2, 0.25) is 12.0 Å². The molecule has 0 aliphatic carbocycles. The van der Waals surface area contributed by atoms with Gasteiger partial charge in [0, 0.05) is 52.7 Å². The summed E-state index contributed by atoms with van der Waals surface area (Å²) in [6.45, 7) is 0.440. The van der Waals surface area contributed by atoms with Gasteiger partial charge in [-0.1, -0.05) is 48.5 Å². The monoisotopic (exact) mass is 809 g/mol. The van der Waals surface area contributed by atoms with Crippen LogP contribution in [0.2, 0.25) is 0 Å². The molecule has 9 unspecified atom stereocenters. The van der Waals surface area contributed by atoms with E-state index in [0.29, 0.717) is 48.0 Å². The van der Waals surface area contributed by atoms with Gasteiger partial charge in [0.05, 0.1) is 25.8 Å². The van der Waals surface area contributed by atoms with Crippen LogP contribution in [0, 0.1) is 0 Å². The first-order chi connectivity index (χ1) is 28.5. The second-order valence-corrected chi connectivity index (χ2v) is 15.1. The highest BCUT2D eigenvalue weighted by atomic mass is 16.7. The molecule has 59 heavy (non-hydrogen) atoms. The Balaban J connectivity index is 1.15. The van der Waals surface area contributed by atoms with E-state index in [1.54, 1.807) is 19.2 Å². The summed E-state index contributed by atoms with van der Waals surface area (Å²) in [6, 6.07) is 23.4. The van der Waals surface area contributed by atoms with E-state index in [1.165, 1.54) is 0 Å². The molecular formula is C43H43N3O13. The molecular weight excluding hydrogens is 766 g/mol. The Labute approximate surface area is 337 Å². The van der Waals surface area contributed by atoms with Crippen LogP contribution in [0.25, 0.3) is 22.0 Å². The predicted octanol–water partition coefficient (Wildman–Crippen LogP) is 2.82. The van der Waals surface area contributed by atoms with Crippen LogP contribution in [0.15, 0.2) is 79.0 Å². The lowest BCUT2D eigenvalue weighted by atomic mass is 9.79. The van der Waals surface area contributed by atoms with Crippen LogP contribution in [0.3, 0.4) is 0 Å². The Kier molecular flexibility index (Phi) is 10.1. The lowest BCUT2D eigenvalue weighted by Crippen LogP contribution is -2.66. The number of aliphatic hydroxyl groups excluding tert-OH is 3. The third-order valence-corrected chi connectivity index (χ3v) is 11.4. The quantitative estimate of drug-likeness (QED) is 0.0643. The maximum atomic E-state index is 12.4. The first-order valence-corrected chi connectivity index (χ1v) is 19.3. The molecule has 6 bridgehead atoms. The van der Waals surface area contributed by atoms with Gasteiger partial charge in [-0.3, -0.25) is 9.59 Å². The summed E-state index contributed by atoms with van der Waals surface area (Å²) < 4.78 is 43.7. The van der Waals surface area contributed by atoms with Gasteiger partial charge in [0.15, 0.2) is 17.6 Å². The molecule has 8 heterocycles. The Hall–Kier alpha value is -5.88. The number of carbonyl (C=O) groups is 2. The highest BCUT2D eigenvalue weighted by Gasteiger charge is 2.52. The number of nitrogens with one attached hydrogen (secondary N) is 1. The van der Waals surface area contributed by atoms with Crippen LogP contribution < -0.4 is 35.2 Å². The molecule has 7 aliphatic rings. The minimum Gasteiger partial charge on any atom is -0.490 e. The van der Waals surface area contributed by atoms with Crippen LogP contribution in [-0.2, 0) is 31.9 Å². The Morgan fingerprint density at radius 1 is 0.915 bits per heavy atom. The molecule has 0 radical (unpaired) electrons. The normalized spacial score (nSPS) is 25.9. The van der Waals surface area contributed by atoms with Crippen molar-refractivity contribution in [3.8, 4) is 39.9 Å². The van der Waals surface area contributed by atoms with Crippen molar-refractivity contribution in [2.75, 3.05) is 13.7 Å². The molecule has 1 saturated heterocycles. The maximum Gasteiger partial charge on any atom is 0.317 e. The molecule has 1 aromatic heterocycles. The lowest BCUT2D eigenvalue weighted by Gasteiger charge is -2.43. The number of para-hydroxylation sites is 1. The fraction of sp³-hybridized carbons (Fsp3) is 0.349. The van der Waals surface area contributed by atoms with Gasteiger partial charge in [0.1, 0.15) is 54.5 Å². The fourth-order valence-corrected chi connectivity index (χ4v) is 8.64. The van der Waals surface area contributed by atoms with Crippen LogP contribution in [0.1, 0.15) is 40.7 Å². The Morgan fingerprint density at radius 3 is 2.46 bits per heavy atom. The van der Waals surface area contributed by atoms with Gasteiger partial charge in [-0.25, -0.2) is 0 Å². The summed E-state index contributed by atoms with van der Waals surface area (Å²) in [5.41, 5.74) is 17.9. The van der Waals surface area contributed by atoms with Crippen molar-refractivity contribution in [2.24, 2.45) is 11.5 Å². The predicted molar refractivity (Wildman–Crippen MR) is 208 cm³/mol. The van der Waals surface area contributed by atoms with Crippen molar-refractivity contribution in [1.29, 1.82) is 0 Å². The summed E-state index contributed by atoms with van der Waals surface area (Å²) in [6.07, 6.45) is -11.0. The molecule has 16 heteroatoms. The van der Waals surface area contributed by atoms with E-state index in [9.17, 15) is 24.9 Å². The third-order valence-electron chi connectivity index (χ3n) is 11.4. The van der Waals surface area contributed by atoms with Crippen LogP contribution >= 0.6 is 0 Å². The van der Waals surface area contributed by atoms with Crippen molar-refractivity contribution >= 4 is 22.8 Å². The largest absolute Gasteiger partial charge is 0.490 e. The Morgan fingerprint density at radius 2 is 1.69 bits per heavy atom. The number of carbonyl (C=O) groups excluding carboxylic acids is 1. The van der Waals surface area contributed by atoms with E-state index in [1.807, 2.05) is 42.6 Å². The van der Waals surface area contributed by atoms with E-state index in [2.05, 4.69) is 29.2 Å². The van der Waals surface area contributed by atoms with Crippen molar-refractivity contribution < 1.29 is 63.2 Å². The third kappa shape index (κ3) is 6.96. The first-order valence-electron chi connectivity index (χ1n) is 19.3. The number of hydrogen-bond acceptors (Lipinski definition) is 14. The number of aromatic amines is 1. The molecule has 7 aliphatic heterocycles. The molecule has 9 atom stereocenters. The van der Waals surface area contributed by atoms with Crippen LogP contribution in [0.5, 0.6) is 28.7 Å². The molecule has 9 N–H and O–H groups in total. The van der Waals surface area contributed by atoms with Crippen LogP contribution in [-0.4, -0.2) is 100 Å². The Bertz CT molecular complexity index is 2400. The standard InChI is InChI=1S/C43H43N3O13/c1-53-38-27-11-10-23-32-28(14-20-8-6-19(7-9-20)12-13-54-27)56-29-16-21(15-24(33(29)39(32)58-37(23)38)25-18-46-26-5-3-2-4-22(25)26)55-43-36(52)34(50)35(51)40(59-43)41(42(44)45)57-31(49)17-30(47)48/h2-11,15-16,18,28,32,34-36,39-43,46,50-52H,12-14,17,44-45H2,1H3,(H,47,48). The van der Waals surface area contributed by atoms with E-state index in [0.717, 1.165) is 38.7 Å². The summed E-state index contributed by atoms with van der Waals surface area (Å²) in [5.74, 6) is -0.798. The molecule has 16 nitrogen and oxygen atoms in total. The van der Waals surface area contributed by atoms with Gasteiger partial charge in [-0.05, 0) is 34.9 Å². The van der Waals surface area contributed by atoms with E-state index >= 15 is 0 Å². The number of aromatic nitrogens is 1. The van der Waals surface area contributed by atoms with E-state index in [4.69, 9.17) is 49.7 Å². The highest BCUT2D eigenvalue weighted by molar-refractivity contribution is 5.97. The minimum absolute atomic E-state index is 0.142. The second-order valence-electron chi connectivity index (χ2n) is 15.1. The second kappa shape index (κ2) is 15.4. The number of aliphatic carboxylic acids is 1. The number of aliphatic hydroxyl groups is 3. The number of nitrogens with two attached hydrogens (primary N) is 2. The number of fused-ring (bicyclic) bond motifs is 3. The number of methoxy groups -OCH3 is 1. The number of hydrogen-bond donors (Lipinski definition) is 7. The van der Waals surface area contributed by atoms with Gasteiger partial charge < -0.3 is 70.0 Å². The zero-order valence-corrected chi connectivity index (χ0v) is 31.7. The number of benzene rings is 4. The molecule has 12 rings (SSSR count). The average Bonchev–Trinajstić information content (AvgIpc) is 3.82. The number of carboxylic acid groups (broad SMARTS) is 1. The van der Waals surface area contributed by atoms with E-state index in [-0.39, 0.29) is 11.7 Å². The molecule has 0 amide bonds. The van der Waals surface area contributed by atoms with Gasteiger partial charge in [0.25, 0.3) is 0 Å². The average molecular weight is 810 g/mol. The number of ether oxygens (including phenoxy) is 7. The topological polar surface area (TPSA) is 247 Å². The summed E-state index contributed by atoms with van der Waals surface area (Å²) in [5, 5.41) is 43.2. The number of esters is 1. The molecule has 0 saturated carbocycles. The zero-order chi connectivity index (χ0) is 41.1. The molecule has 5 aromatic rings. The van der Waals surface area contributed by atoms with Crippen molar-refractivity contribution in [2.45, 2.75) is 80.4 Å². The minimum atomic E-state index is -1.89. The molecule has 0 spiro atoms. The number of H-pyrrole nitrogens is 1. The lowest BCUT2D eigenvalue weighted by molar-refractivity contribution is -0.291. The highest BCUT2D eigenvalue weighted by Crippen LogP contribution is 2.60. The number of carboxylic acids is 1. The van der Waals surface area contributed by atoms with Gasteiger partial charge >= 0.3 is 11.9 Å². The van der Waals surface area contributed by atoms with Crippen molar-refractivity contribution in [3.05, 3.63) is 101 Å². The fourth-order valence-electron chi connectivity index (χ4n) is 8.64. The smallest absolute Gasteiger partial charge is 0.317 e.